The number of hydrogen-bond donors (Lipinski definition) is 2. The maximum absolute atomic E-state index is 9.15. The zero-order valence-corrected chi connectivity index (χ0v) is 14.4. The van der Waals surface area contributed by atoms with Gasteiger partial charge < -0.3 is 19.9 Å². The molecule has 0 bridgehead atoms. The van der Waals surface area contributed by atoms with Gasteiger partial charge in [0.15, 0.2) is 11.5 Å². The van der Waals surface area contributed by atoms with Gasteiger partial charge in [0.1, 0.15) is 0 Å². The minimum absolute atomic E-state index is 0.206. The van der Waals surface area contributed by atoms with Crippen LogP contribution in [0.1, 0.15) is 25.8 Å². The van der Waals surface area contributed by atoms with Crippen LogP contribution in [0, 0.1) is 5.92 Å². The first-order valence-corrected chi connectivity index (χ1v) is 8.42. The van der Waals surface area contributed by atoms with Crippen molar-refractivity contribution in [1.29, 1.82) is 0 Å². The Hall–Kier alpha value is -0.910. The number of thioether (sulfide) groups is 1. The van der Waals surface area contributed by atoms with Crippen molar-refractivity contribution in [1.82, 2.24) is 5.32 Å². The number of aliphatic hydroxyl groups excluding tert-OH is 1. The smallest absolute Gasteiger partial charge is 0.161 e. The first-order chi connectivity index (χ1) is 10.1. The van der Waals surface area contributed by atoms with Crippen LogP contribution < -0.4 is 14.8 Å². The van der Waals surface area contributed by atoms with E-state index >= 15 is 0 Å². The summed E-state index contributed by atoms with van der Waals surface area (Å²) < 4.78 is 10.7. The second-order valence-corrected chi connectivity index (χ2v) is 6.11. The van der Waals surface area contributed by atoms with Gasteiger partial charge in [-0.05, 0) is 36.3 Å². The number of methoxy groups -OCH3 is 2. The lowest BCUT2D eigenvalue weighted by atomic mass is 10.0. The zero-order valence-electron chi connectivity index (χ0n) is 13.6. The monoisotopic (exact) mass is 313 g/mol. The van der Waals surface area contributed by atoms with Crippen LogP contribution in [-0.2, 0) is 6.54 Å². The molecule has 0 aliphatic heterocycles. The van der Waals surface area contributed by atoms with E-state index in [4.69, 9.17) is 14.6 Å². The second-order valence-electron chi connectivity index (χ2n) is 5.26. The molecule has 4 nitrogen and oxygen atoms in total. The molecule has 120 valence electrons. The molecule has 0 amide bonds. The molecule has 0 saturated heterocycles. The predicted molar refractivity (Wildman–Crippen MR) is 88.5 cm³/mol. The molecule has 0 spiro atoms. The summed E-state index contributed by atoms with van der Waals surface area (Å²) in [5.74, 6) is 1.98. The molecule has 1 aromatic carbocycles. The first-order valence-electron chi connectivity index (χ1n) is 7.20. The van der Waals surface area contributed by atoms with E-state index in [0.717, 1.165) is 24.5 Å². The van der Waals surface area contributed by atoms with Gasteiger partial charge in [-0.3, -0.25) is 0 Å². The van der Waals surface area contributed by atoms with Crippen molar-refractivity contribution in [2.75, 3.05) is 27.1 Å². The molecule has 0 aromatic heterocycles. The van der Waals surface area contributed by atoms with E-state index in [0.29, 0.717) is 12.0 Å². The summed E-state index contributed by atoms with van der Waals surface area (Å²) >= 11 is 1.69. The van der Waals surface area contributed by atoms with Crippen LogP contribution in [0.2, 0.25) is 0 Å². The third-order valence-electron chi connectivity index (χ3n) is 3.59. The Morgan fingerprint density at radius 1 is 1.19 bits per heavy atom. The average Bonchev–Trinajstić information content (AvgIpc) is 2.50. The first kappa shape index (κ1) is 18.1. The normalized spacial score (nSPS) is 12.5. The fourth-order valence-corrected chi connectivity index (χ4v) is 2.90. The van der Waals surface area contributed by atoms with Gasteiger partial charge in [-0.25, -0.2) is 0 Å². The molecule has 0 saturated carbocycles. The van der Waals surface area contributed by atoms with Gasteiger partial charge >= 0.3 is 0 Å². The van der Waals surface area contributed by atoms with E-state index in [1.807, 2.05) is 12.1 Å². The lowest BCUT2D eigenvalue weighted by Gasteiger charge is -2.22. The molecule has 1 unspecified atom stereocenters. The Bertz CT molecular complexity index is 438. The summed E-state index contributed by atoms with van der Waals surface area (Å²) in [4.78, 5) is 1.17. The molecule has 0 radical (unpaired) electrons. The van der Waals surface area contributed by atoms with E-state index in [1.54, 1.807) is 26.0 Å². The van der Waals surface area contributed by atoms with Crippen LogP contribution in [0.4, 0.5) is 0 Å². The van der Waals surface area contributed by atoms with E-state index in [9.17, 15) is 0 Å². The van der Waals surface area contributed by atoms with E-state index in [-0.39, 0.29) is 6.61 Å². The zero-order chi connectivity index (χ0) is 15.8. The Kier molecular flexibility index (Phi) is 7.93. The molecule has 0 aliphatic rings. The van der Waals surface area contributed by atoms with Crippen LogP contribution in [0.3, 0.4) is 0 Å². The topological polar surface area (TPSA) is 50.7 Å². The number of hydrogen-bond acceptors (Lipinski definition) is 5. The highest BCUT2D eigenvalue weighted by molar-refractivity contribution is 7.98. The molecule has 1 atom stereocenters. The van der Waals surface area contributed by atoms with Crippen molar-refractivity contribution in [3.05, 3.63) is 17.7 Å². The second kappa shape index (κ2) is 9.18. The highest BCUT2D eigenvalue weighted by Crippen LogP contribution is 2.34. The summed E-state index contributed by atoms with van der Waals surface area (Å²) in [6, 6.07) is 4.34. The van der Waals surface area contributed by atoms with Crippen LogP contribution >= 0.6 is 11.8 Å². The Morgan fingerprint density at radius 2 is 1.81 bits per heavy atom. The maximum Gasteiger partial charge on any atom is 0.161 e. The highest BCUT2D eigenvalue weighted by atomic mass is 32.2. The summed E-state index contributed by atoms with van der Waals surface area (Å²) in [5, 5.41) is 12.7. The Labute approximate surface area is 132 Å². The quantitative estimate of drug-likeness (QED) is 0.687. The van der Waals surface area contributed by atoms with Gasteiger partial charge in [0.25, 0.3) is 0 Å². The standard InChI is InChI=1S/C16H27NO3S/c1-11(2)13(6-7-18)17-10-12-8-14(19-3)15(20-4)9-16(12)21-5/h8-9,11,13,17-18H,6-7,10H2,1-5H3. The van der Waals surface area contributed by atoms with Crippen molar-refractivity contribution in [3.63, 3.8) is 0 Å². The van der Waals surface area contributed by atoms with Gasteiger partial charge in [0.2, 0.25) is 0 Å². The largest absolute Gasteiger partial charge is 0.493 e. The van der Waals surface area contributed by atoms with Gasteiger partial charge in [-0.15, -0.1) is 11.8 Å². The molecule has 21 heavy (non-hydrogen) atoms. The minimum atomic E-state index is 0.206. The number of benzene rings is 1. The molecule has 2 N–H and O–H groups in total. The molecule has 5 heteroatoms. The summed E-state index contributed by atoms with van der Waals surface area (Å²) in [6.45, 7) is 5.28. The lowest BCUT2D eigenvalue weighted by Crippen LogP contribution is -2.34. The molecule has 0 heterocycles. The summed E-state index contributed by atoms with van der Waals surface area (Å²) in [6.07, 6.45) is 2.82. The van der Waals surface area contributed by atoms with Gasteiger partial charge in [0, 0.05) is 24.1 Å². The van der Waals surface area contributed by atoms with Crippen molar-refractivity contribution >= 4 is 11.8 Å². The number of nitrogens with one attached hydrogen (secondary N) is 1. The van der Waals surface area contributed by atoms with Gasteiger partial charge in [-0.1, -0.05) is 13.8 Å². The predicted octanol–water partition coefficient (Wildman–Crippen LogP) is 2.92. The lowest BCUT2D eigenvalue weighted by molar-refractivity contribution is 0.243. The van der Waals surface area contributed by atoms with Crippen molar-refractivity contribution in [2.24, 2.45) is 5.92 Å². The fourth-order valence-electron chi connectivity index (χ4n) is 2.28. The fraction of sp³-hybridized carbons (Fsp3) is 0.625. The molecular formula is C16H27NO3S. The number of rotatable bonds is 9. The highest BCUT2D eigenvalue weighted by Gasteiger charge is 2.15. The third kappa shape index (κ3) is 5.09. The van der Waals surface area contributed by atoms with Crippen LogP contribution in [0.15, 0.2) is 17.0 Å². The van der Waals surface area contributed by atoms with Crippen molar-refractivity contribution in [3.8, 4) is 11.5 Å². The van der Waals surface area contributed by atoms with Gasteiger partial charge in [0.05, 0.1) is 14.2 Å². The van der Waals surface area contributed by atoms with E-state index in [2.05, 4.69) is 25.4 Å². The SMILES string of the molecule is COc1cc(CNC(CCO)C(C)C)c(SC)cc1OC. The van der Waals surface area contributed by atoms with E-state index < -0.39 is 0 Å². The summed E-state index contributed by atoms with van der Waals surface area (Å²) in [7, 11) is 3.30. The summed E-state index contributed by atoms with van der Waals surface area (Å²) in [5.41, 5.74) is 1.18. The van der Waals surface area contributed by atoms with Crippen molar-refractivity contribution < 1.29 is 14.6 Å². The maximum atomic E-state index is 9.15. The minimum Gasteiger partial charge on any atom is -0.493 e. The molecular weight excluding hydrogens is 286 g/mol. The molecule has 1 aromatic rings. The van der Waals surface area contributed by atoms with Crippen LogP contribution in [0.5, 0.6) is 11.5 Å². The number of ether oxygens (including phenoxy) is 2. The Morgan fingerprint density at radius 3 is 2.29 bits per heavy atom. The van der Waals surface area contributed by atoms with Gasteiger partial charge in [-0.2, -0.15) is 0 Å². The average molecular weight is 313 g/mol. The Balaban J connectivity index is 2.90. The van der Waals surface area contributed by atoms with Crippen molar-refractivity contribution in [2.45, 2.75) is 37.8 Å². The molecule has 1 rings (SSSR count). The molecule has 0 fully saturated rings. The third-order valence-corrected chi connectivity index (χ3v) is 4.41. The van der Waals surface area contributed by atoms with E-state index in [1.165, 1.54) is 10.5 Å². The number of aliphatic hydroxyl groups is 1. The van der Waals surface area contributed by atoms with Crippen LogP contribution in [0.25, 0.3) is 0 Å². The van der Waals surface area contributed by atoms with Crippen LogP contribution in [-0.4, -0.2) is 38.2 Å². The molecule has 0 aliphatic carbocycles.